The molecule has 0 atom stereocenters. The van der Waals surface area contributed by atoms with Crippen LogP contribution in [0.5, 0.6) is 23.0 Å². The molecule has 0 amide bonds. The van der Waals surface area contributed by atoms with Crippen molar-refractivity contribution in [1.82, 2.24) is 0 Å². The molecule has 344 valence electrons. The Balaban J connectivity index is 1.39. The maximum absolute atomic E-state index is 6.91. The van der Waals surface area contributed by atoms with Crippen LogP contribution in [-0.4, -0.2) is 26.4 Å². The molecule has 0 radical (unpaired) electrons. The molecular formula is C62H72O4. The monoisotopic (exact) mass is 881 g/mol. The molecule has 0 unspecified atom stereocenters. The summed E-state index contributed by atoms with van der Waals surface area (Å²) in [5.41, 5.74) is 4.50. The second-order valence-electron chi connectivity index (χ2n) is 18.4. The largest absolute Gasteiger partial charge is 0.493 e. The van der Waals surface area contributed by atoms with E-state index in [1.807, 2.05) is 0 Å². The molecule has 0 fully saturated rings. The highest BCUT2D eigenvalue weighted by Gasteiger charge is 2.21. The average Bonchev–Trinajstić information content (AvgIpc) is 3.35. The van der Waals surface area contributed by atoms with Gasteiger partial charge in [0.2, 0.25) is 0 Å². The van der Waals surface area contributed by atoms with Gasteiger partial charge in [-0.2, -0.15) is 0 Å². The lowest BCUT2D eigenvalue weighted by Gasteiger charge is -2.21. The van der Waals surface area contributed by atoms with Gasteiger partial charge in [-0.3, -0.25) is 0 Å². The zero-order valence-corrected chi connectivity index (χ0v) is 40.3. The zero-order valence-electron chi connectivity index (χ0n) is 40.3. The van der Waals surface area contributed by atoms with Crippen LogP contribution in [0.4, 0.5) is 0 Å². The van der Waals surface area contributed by atoms with Crippen molar-refractivity contribution in [3.05, 3.63) is 121 Å². The lowest BCUT2D eigenvalue weighted by Crippen LogP contribution is -2.03. The van der Waals surface area contributed by atoms with Crippen LogP contribution in [0.2, 0.25) is 0 Å². The van der Waals surface area contributed by atoms with Crippen molar-refractivity contribution in [2.45, 2.75) is 130 Å². The Kier molecular flexibility index (Phi) is 16.7. The van der Waals surface area contributed by atoms with Crippen molar-refractivity contribution >= 4 is 53.9 Å². The zero-order chi connectivity index (χ0) is 45.5. The van der Waals surface area contributed by atoms with Crippen molar-refractivity contribution in [1.29, 1.82) is 0 Å². The van der Waals surface area contributed by atoms with E-state index in [4.69, 9.17) is 18.9 Å². The number of benzene rings is 8. The molecule has 0 bridgehead atoms. The predicted octanol–water partition coefficient (Wildman–Crippen LogP) is 18.6. The lowest BCUT2D eigenvalue weighted by molar-refractivity contribution is 0.259. The van der Waals surface area contributed by atoms with Crippen LogP contribution in [0.25, 0.3) is 76.1 Å². The van der Waals surface area contributed by atoms with E-state index in [-0.39, 0.29) is 0 Å². The topological polar surface area (TPSA) is 36.9 Å². The number of rotatable bonds is 26. The van der Waals surface area contributed by atoms with E-state index in [0.29, 0.717) is 26.4 Å². The SMILES string of the molecule is CCCCCCOc1cc2c(cc1OCCCCCC)c1cc(-c3ccc4ccccc4c3)c(OCCCCCC)cc1c1cc(OCCCCCC)c(-c3ccc4ccccc4c3)cc21. The van der Waals surface area contributed by atoms with Gasteiger partial charge in [0.1, 0.15) is 11.5 Å². The highest BCUT2D eigenvalue weighted by molar-refractivity contribution is 6.27. The molecule has 0 N–H and O–H groups in total. The van der Waals surface area contributed by atoms with Crippen LogP contribution >= 0.6 is 0 Å². The molecule has 0 aliphatic heterocycles. The van der Waals surface area contributed by atoms with E-state index in [1.165, 1.54) is 72.9 Å². The van der Waals surface area contributed by atoms with Gasteiger partial charge >= 0.3 is 0 Å². The summed E-state index contributed by atoms with van der Waals surface area (Å²) in [5, 5.41) is 11.8. The fourth-order valence-electron chi connectivity index (χ4n) is 9.53. The van der Waals surface area contributed by atoms with Crippen molar-refractivity contribution < 1.29 is 18.9 Å². The van der Waals surface area contributed by atoms with Gasteiger partial charge in [0, 0.05) is 11.1 Å². The summed E-state index contributed by atoms with van der Waals surface area (Å²) in [6, 6.07) is 44.9. The molecule has 0 aromatic heterocycles. The normalized spacial score (nSPS) is 11.6. The van der Waals surface area contributed by atoms with Gasteiger partial charge in [0.15, 0.2) is 11.5 Å². The number of hydrogen-bond acceptors (Lipinski definition) is 4. The summed E-state index contributed by atoms with van der Waals surface area (Å²) in [6.45, 7) is 11.7. The number of ether oxygens (including phenoxy) is 4. The smallest absolute Gasteiger partial charge is 0.161 e. The number of hydrogen-bond donors (Lipinski definition) is 0. The van der Waals surface area contributed by atoms with Crippen LogP contribution < -0.4 is 18.9 Å². The van der Waals surface area contributed by atoms with E-state index in [2.05, 4.69) is 149 Å². The second kappa shape index (κ2) is 23.6. The Hall–Kier alpha value is -5.74. The van der Waals surface area contributed by atoms with E-state index < -0.39 is 0 Å². The van der Waals surface area contributed by atoms with E-state index in [1.54, 1.807) is 0 Å². The molecule has 0 aliphatic rings. The second-order valence-corrected chi connectivity index (χ2v) is 18.4. The van der Waals surface area contributed by atoms with E-state index in [0.717, 1.165) is 129 Å². The molecular weight excluding hydrogens is 809 g/mol. The summed E-state index contributed by atoms with van der Waals surface area (Å²) >= 11 is 0. The highest BCUT2D eigenvalue weighted by Crippen LogP contribution is 2.48. The summed E-state index contributed by atoms with van der Waals surface area (Å²) < 4.78 is 27.3. The van der Waals surface area contributed by atoms with Crippen LogP contribution in [0.1, 0.15) is 130 Å². The quantitative estimate of drug-likeness (QED) is 0.0401. The number of fused-ring (bicyclic) bond motifs is 8. The molecule has 8 rings (SSSR count). The highest BCUT2D eigenvalue weighted by atomic mass is 16.5. The molecule has 0 aliphatic carbocycles. The average molecular weight is 881 g/mol. The molecule has 0 heterocycles. The van der Waals surface area contributed by atoms with Crippen molar-refractivity contribution in [3.63, 3.8) is 0 Å². The molecule has 0 saturated carbocycles. The number of unbranched alkanes of at least 4 members (excludes halogenated alkanes) is 12. The Morgan fingerprint density at radius 2 is 0.576 bits per heavy atom. The molecule has 0 spiro atoms. The maximum atomic E-state index is 6.91. The van der Waals surface area contributed by atoms with Crippen molar-refractivity contribution in [3.8, 4) is 45.3 Å². The third-order valence-electron chi connectivity index (χ3n) is 13.3. The van der Waals surface area contributed by atoms with Crippen LogP contribution in [0, 0.1) is 0 Å². The molecule has 4 heteroatoms. The third-order valence-corrected chi connectivity index (χ3v) is 13.3. The summed E-state index contributed by atoms with van der Waals surface area (Å²) in [5.74, 6) is 3.46. The van der Waals surface area contributed by atoms with Gasteiger partial charge in [-0.1, -0.05) is 178 Å². The molecule has 8 aromatic carbocycles. The van der Waals surface area contributed by atoms with Crippen LogP contribution in [-0.2, 0) is 0 Å². The van der Waals surface area contributed by atoms with Crippen molar-refractivity contribution in [2.75, 3.05) is 26.4 Å². The van der Waals surface area contributed by atoms with Gasteiger partial charge in [-0.25, -0.2) is 0 Å². The minimum absolute atomic E-state index is 0.659. The molecule has 4 nitrogen and oxygen atoms in total. The van der Waals surface area contributed by atoms with Crippen LogP contribution in [0.15, 0.2) is 121 Å². The predicted molar refractivity (Wildman–Crippen MR) is 283 cm³/mol. The Morgan fingerprint density at radius 3 is 0.924 bits per heavy atom. The Bertz CT molecular complexity index is 2620. The van der Waals surface area contributed by atoms with Gasteiger partial charge in [-0.15, -0.1) is 0 Å². The van der Waals surface area contributed by atoms with Crippen LogP contribution in [0.3, 0.4) is 0 Å². The van der Waals surface area contributed by atoms with Crippen molar-refractivity contribution in [2.24, 2.45) is 0 Å². The van der Waals surface area contributed by atoms with Gasteiger partial charge in [0.05, 0.1) is 26.4 Å². The van der Waals surface area contributed by atoms with E-state index >= 15 is 0 Å². The third kappa shape index (κ3) is 11.3. The van der Waals surface area contributed by atoms with Gasteiger partial charge < -0.3 is 18.9 Å². The lowest BCUT2D eigenvalue weighted by atomic mass is 9.88. The summed E-state index contributed by atoms with van der Waals surface area (Å²) in [4.78, 5) is 0. The molecule has 0 saturated heterocycles. The van der Waals surface area contributed by atoms with E-state index in [9.17, 15) is 0 Å². The van der Waals surface area contributed by atoms with Gasteiger partial charge in [-0.05, 0) is 139 Å². The first-order valence-corrected chi connectivity index (χ1v) is 25.6. The maximum Gasteiger partial charge on any atom is 0.161 e. The first-order valence-electron chi connectivity index (χ1n) is 25.6. The fourth-order valence-corrected chi connectivity index (χ4v) is 9.53. The first kappa shape index (κ1) is 46.8. The standard InChI is InChI=1S/C62H72O4/c1-5-9-13-21-33-63-59-41-55-53(39-51(59)49-31-29-45-25-17-19-27-47(45)37-49)57-43-61(65-35-23-15-11-7-3)62(66-36-24-16-12-8-4)44-58(57)54-40-52(50-32-30-46-26-18-20-28-48(46)38-50)60(42-56(54)55)64-34-22-14-10-6-2/h17-20,25-32,37-44H,5-16,21-24,33-36H2,1-4H3. The summed E-state index contributed by atoms with van der Waals surface area (Å²) in [6.07, 6.45) is 18.3. The first-order chi connectivity index (χ1) is 32.6. The minimum Gasteiger partial charge on any atom is -0.493 e. The molecule has 66 heavy (non-hydrogen) atoms. The Morgan fingerprint density at radius 1 is 0.273 bits per heavy atom. The fraction of sp³-hybridized carbons (Fsp3) is 0.387. The summed E-state index contributed by atoms with van der Waals surface area (Å²) in [7, 11) is 0. The molecule has 8 aromatic rings. The van der Waals surface area contributed by atoms with Gasteiger partial charge in [0.25, 0.3) is 0 Å². The minimum atomic E-state index is 0.659. The Labute approximate surface area is 394 Å².